The fourth-order valence-corrected chi connectivity index (χ4v) is 5.57. The molecule has 1 aliphatic rings. The first-order valence-electron chi connectivity index (χ1n) is 12.1. The Morgan fingerprint density at radius 1 is 1.29 bits per heavy atom. The van der Waals surface area contributed by atoms with E-state index < -0.39 is 17.5 Å². The van der Waals surface area contributed by atoms with Gasteiger partial charge < -0.3 is 15.3 Å². The van der Waals surface area contributed by atoms with Gasteiger partial charge in [0.15, 0.2) is 0 Å². The molecule has 2 heterocycles. The minimum Gasteiger partial charge on any atom is -0.383 e. The lowest BCUT2D eigenvalue weighted by atomic mass is 9.78. The molecule has 38 heavy (non-hydrogen) atoms. The van der Waals surface area contributed by atoms with Crippen molar-refractivity contribution in [2.24, 2.45) is 5.92 Å². The Hall–Kier alpha value is -3.56. The first-order valence-corrected chi connectivity index (χ1v) is 12.9. The van der Waals surface area contributed by atoms with Gasteiger partial charge in [-0.3, -0.25) is 4.79 Å². The number of carbonyl (C=O) groups excluding carboxylic acids is 1. The maximum absolute atomic E-state index is 13.0. The molecule has 1 aliphatic carbocycles. The topological polar surface area (TPSA) is 115 Å². The Bertz CT molecular complexity index is 1350. The summed E-state index contributed by atoms with van der Waals surface area (Å²) in [5, 5.41) is 23.5. The number of anilines is 2. The van der Waals surface area contributed by atoms with Crippen molar-refractivity contribution in [3.63, 3.8) is 0 Å². The molecule has 0 aliphatic heterocycles. The molecule has 3 aromatic rings. The minimum atomic E-state index is -4.57. The molecular weight excluding hydrogens is 517 g/mol. The van der Waals surface area contributed by atoms with E-state index in [2.05, 4.69) is 20.3 Å². The highest BCUT2D eigenvalue weighted by atomic mass is 32.1. The molecular formula is C26H27F3N6O2S. The molecule has 2 N–H and O–H groups in total. The Morgan fingerprint density at radius 3 is 2.71 bits per heavy atom. The number of aryl methyl sites for hydroxylation is 1. The number of hydrogen-bond donors (Lipinski definition) is 2. The largest absolute Gasteiger partial charge is 0.433 e. The van der Waals surface area contributed by atoms with Crippen LogP contribution in [0.4, 0.5) is 24.8 Å². The summed E-state index contributed by atoms with van der Waals surface area (Å²) in [5.41, 5.74) is 0.00258. The minimum absolute atomic E-state index is 0.00771. The number of nitrogens with zero attached hydrogens (tertiary/aromatic N) is 5. The van der Waals surface area contributed by atoms with E-state index in [4.69, 9.17) is 5.26 Å². The van der Waals surface area contributed by atoms with Crippen molar-refractivity contribution in [3.05, 3.63) is 52.9 Å². The molecule has 1 amide bonds. The summed E-state index contributed by atoms with van der Waals surface area (Å²) in [6.07, 6.45) is 0.279. The molecule has 4 rings (SSSR count). The second-order valence-electron chi connectivity index (χ2n) is 9.48. The Labute approximate surface area is 222 Å². The van der Waals surface area contributed by atoms with E-state index in [9.17, 15) is 23.1 Å². The predicted octanol–water partition coefficient (Wildman–Crippen LogP) is 5.42. The number of amides is 1. The van der Waals surface area contributed by atoms with Crippen LogP contribution in [0.1, 0.15) is 48.4 Å². The van der Waals surface area contributed by atoms with Crippen molar-refractivity contribution < 1.29 is 23.1 Å². The lowest BCUT2D eigenvalue weighted by molar-refractivity contribution is -0.141. The average molecular weight is 545 g/mol. The SMILES string of the molecule is Cc1cc(Nc2nccc(C(F)(F)F)n2)cc(-c2cnc([C@]3(O)CC[C@@H](C(=O)N(C)CCC#N)CC3)s2)c1. The summed E-state index contributed by atoms with van der Waals surface area (Å²) in [5.74, 6) is -0.367. The third kappa shape index (κ3) is 6.28. The fourth-order valence-electron chi connectivity index (χ4n) is 4.52. The summed E-state index contributed by atoms with van der Waals surface area (Å²) in [6, 6.07) is 8.32. The molecule has 1 saturated carbocycles. The first-order chi connectivity index (χ1) is 18.0. The van der Waals surface area contributed by atoms with Gasteiger partial charge in [-0.25, -0.2) is 15.0 Å². The highest BCUT2D eigenvalue weighted by Gasteiger charge is 2.40. The van der Waals surface area contributed by atoms with E-state index in [0.29, 0.717) is 42.9 Å². The van der Waals surface area contributed by atoms with Crippen LogP contribution in [0.5, 0.6) is 0 Å². The Morgan fingerprint density at radius 2 is 2.03 bits per heavy atom. The van der Waals surface area contributed by atoms with E-state index in [0.717, 1.165) is 28.3 Å². The number of halogens is 3. The van der Waals surface area contributed by atoms with Gasteiger partial charge in [0.05, 0.1) is 17.4 Å². The van der Waals surface area contributed by atoms with Crippen LogP contribution >= 0.6 is 11.3 Å². The van der Waals surface area contributed by atoms with Gasteiger partial charge in [-0.1, -0.05) is 6.07 Å². The lowest BCUT2D eigenvalue weighted by Crippen LogP contribution is -2.39. The van der Waals surface area contributed by atoms with E-state index >= 15 is 0 Å². The second-order valence-corrected chi connectivity index (χ2v) is 10.5. The van der Waals surface area contributed by atoms with Crippen LogP contribution in [0.3, 0.4) is 0 Å². The van der Waals surface area contributed by atoms with Gasteiger partial charge in [0.1, 0.15) is 16.3 Å². The predicted molar refractivity (Wildman–Crippen MR) is 136 cm³/mol. The highest BCUT2D eigenvalue weighted by Crippen LogP contribution is 2.43. The van der Waals surface area contributed by atoms with Crippen LogP contribution in [-0.4, -0.2) is 44.5 Å². The molecule has 1 aromatic carbocycles. The number of benzene rings is 1. The molecule has 200 valence electrons. The number of rotatable bonds is 7. The lowest BCUT2D eigenvalue weighted by Gasteiger charge is -2.35. The fraction of sp³-hybridized carbons (Fsp3) is 0.423. The molecule has 2 aromatic heterocycles. The molecule has 0 atom stereocenters. The summed E-state index contributed by atoms with van der Waals surface area (Å²) >= 11 is 1.35. The number of carbonyl (C=O) groups is 1. The van der Waals surface area contributed by atoms with Crippen LogP contribution in [0.25, 0.3) is 10.4 Å². The Balaban J connectivity index is 1.47. The van der Waals surface area contributed by atoms with E-state index in [-0.39, 0.29) is 24.2 Å². The monoisotopic (exact) mass is 544 g/mol. The van der Waals surface area contributed by atoms with Crippen molar-refractivity contribution in [2.45, 2.75) is 50.8 Å². The number of hydrogen-bond acceptors (Lipinski definition) is 8. The molecule has 0 spiro atoms. The molecule has 8 nitrogen and oxygen atoms in total. The normalized spacial score (nSPS) is 19.6. The third-order valence-corrected chi connectivity index (χ3v) is 7.80. The van der Waals surface area contributed by atoms with Gasteiger partial charge in [0, 0.05) is 37.6 Å². The number of nitrogens with one attached hydrogen (secondary N) is 1. The zero-order valence-electron chi connectivity index (χ0n) is 20.9. The standard InChI is InChI=1S/C26H27F3N6O2S/c1-16-12-18(14-19(13-16)33-24-31-10-6-21(34-24)26(27,28)29)20-15-32-23(38-20)25(37)7-4-17(5-8-25)22(36)35(2)11-3-9-30/h6,10,12-15,17,37H,3-5,7-8,11H2,1-2H3,(H,31,33,34)/t17-,25+. The van der Waals surface area contributed by atoms with Crippen molar-refractivity contribution in [1.82, 2.24) is 19.9 Å². The maximum Gasteiger partial charge on any atom is 0.433 e. The van der Waals surface area contributed by atoms with Crippen molar-refractivity contribution in [2.75, 3.05) is 18.9 Å². The van der Waals surface area contributed by atoms with E-state index in [1.165, 1.54) is 11.3 Å². The van der Waals surface area contributed by atoms with Gasteiger partial charge in [0.2, 0.25) is 11.9 Å². The summed E-state index contributed by atoms with van der Waals surface area (Å²) in [4.78, 5) is 27.0. The van der Waals surface area contributed by atoms with Gasteiger partial charge in [-0.2, -0.15) is 18.4 Å². The average Bonchev–Trinajstić information content (AvgIpc) is 3.38. The Kier molecular flexibility index (Phi) is 7.99. The molecule has 0 saturated heterocycles. The quantitative estimate of drug-likeness (QED) is 0.408. The number of nitriles is 1. The molecule has 0 unspecified atom stereocenters. The van der Waals surface area contributed by atoms with Gasteiger partial charge in [-0.15, -0.1) is 11.3 Å². The van der Waals surface area contributed by atoms with Crippen LogP contribution in [0.15, 0.2) is 36.7 Å². The number of thiazole rings is 1. The number of aliphatic hydroxyl groups is 1. The van der Waals surface area contributed by atoms with Crippen molar-refractivity contribution >= 4 is 28.9 Å². The van der Waals surface area contributed by atoms with Crippen molar-refractivity contribution in [3.8, 4) is 16.5 Å². The third-order valence-electron chi connectivity index (χ3n) is 6.57. The van der Waals surface area contributed by atoms with Gasteiger partial charge >= 0.3 is 6.18 Å². The van der Waals surface area contributed by atoms with E-state index in [1.54, 1.807) is 30.3 Å². The van der Waals surface area contributed by atoms with Gasteiger partial charge in [0.25, 0.3) is 0 Å². The summed E-state index contributed by atoms with van der Waals surface area (Å²) in [7, 11) is 1.69. The van der Waals surface area contributed by atoms with Crippen LogP contribution in [-0.2, 0) is 16.6 Å². The van der Waals surface area contributed by atoms with Crippen LogP contribution < -0.4 is 5.32 Å². The van der Waals surface area contributed by atoms with Crippen LogP contribution in [0, 0.1) is 24.2 Å². The zero-order valence-corrected chi connectivity index (χ0v) is 21.7. The van der Waals surface area contributed by atoms with E-state index in [1.807, 2.05) is 19.1 Å². The van der Waals surface area contributed by atoms with Crippen LogP contribution in [0.2, 0.25) is 0 Å². The molecule has 0 bridgehead atoms. The summed E-state index contributed by atoms with van der Waals surface area (Å²) in [6.45, 7) is 2.25. The highest BCUT2D eigenvalue weighted by molar-refractivity contribution is 7.15. The zero-order chi connectivity index (χ0) is 27.5. The molecule has 1 fully saturated rings. The number of aromatic nitrogens is 3. The maximum atomic E-state index is 13.0. The molecule has 12 heteroatoms. The second kappa shape index (κ2) is 11.0. The number of alkyl halides is 3. The smallest absolute Gasteiger partial charge is 0.383 e. The summed E-state index contributed by atoms with van der Waals surface area (Å²) < 4.78 is 39.0. The van der Waals surface area contributed by atoms with Crippen molar-refractivity contribution in [1.29, 1.82) is 5.26 Å². The first kappa shape index (κ1) is 27.5. The molecule has 0 radical (unpaired) electrons. The van der Waals surface area contributed by atoms with Gasteiger partial charge in [-0.05, 0) is 61.9 Å².